The van der Waals surface area contributed by atoms with Crippen molar-refractivity contribution in [3.63, 3.8) is 0 Å². The summed E-state index contributed by atoms with van der Waals surface area (Å²) in [6.07, 6.45) is 1.62. The lowest BCUT2D eigenvalue weighted by Gasteiger charge is -1.95. The molecule has 0 radical (unpaired) electrons. The molecule has 2 aromatic rings. The van der Waals surface area contributed by atoms with Crippen LogP contribution in [0.3, 0.4) is 0 Å². The maximum atomic E-state index is 10.5. The molecular formula is C10H7BrN2O3. The zero-order chi connectivity index (χ0) is 11.5. The fourth-order valence-corrected chi connectivity index (χ4v) is 1.49. The van der Waals surface area contributed by atoms with E-state index < -0.39 is 4.92 Å². The Morgan fingerprint density at radius 3 is 2.56 bits per heavy atom. The van der Waals surface area contributed by atoms with Gasteiger partial charge in [-0.3, -0.25) is 10.1 Å². The van der Waals surface area contributed by atoms with Crippen molar-refractivity contribution in [3.8, 4) is 11.5 Å². The molecule has 1 aromatic carbocycles. The second kappa shape index (κ2) is 4.44. The van der Waals surface area contributed by atoms with E-state index in [0.717, 1.165) is 5.56 Å². The Hall–Kier alpha value is -1.69. The van der Waals surface area contributed by atoms with Crippen LogP contribution < -0.4 is 0 Å². The Morgan fingerprint density at radius 2 is 2.06 bits per heavy atom. The molecule has 0 unspecified atom stereocenters. The second-order valence-electron chi connectivity index (χ2n) is 3.07. The van der Waals surface area contributed by atoms with Gasteiger partial charge in [0.05, 0.1) is 16.5 Å². The van der Waals surface area contributed by atoms with Crippen LogP contribution >= 0.6 is 15.9 Å². The highest BCUT2D eigenvalue weighted by Gasteiger charge is 2.08. The van der Waals surface area contributed by atoms with Crippen LogP contribution in [0.1, 0.15) is 5.76 Å². The van der Waals surface area contributed by atoms with Gasteiger partial charge in [0.15, 0.2) is 0 Å². The predicted octanol–water partition coefficient (Wildman–Crippen LogP) is 3.14. The van der Waals surface area contributed by atoms with Gasteiger partial charge in [-0.05, 0) is 12.1 Å². The van der Waals surface area contributed by atoms with Gasteiger partial charge < -0.3 is 4.42 Å². The number of nitro groups is 1. The van der Waals surface area contributed by atoms with Gasteiger partial charge in [-0.1, -0.05) is 15.9 Å². The average molecular weight is 283 g/mol. The lowest BCUT2D eigenvalue weighted by molar-refractivity contribution is -0.384. The number of hydrogen-bond donors (Lipinski definition) is 0. The van der Waals surface area contributed by atoms with Crippen molar-refractivity contribution in [2.24, 2.45) is 0 Å². The van der Waals surface area contributed by atoms with Crippen LogP contribution in [0.4, 0.5) is 5.69 Å². The van der Waals surface area contributed by atoms with Crippen LogP contribution in [-0.2, 0) is 5.33 Å². The molecule has 0 saturated carbocycles. The molecule has 0 aliphatic carbocycles. The van der Waals surface area contributed by atoms with E-state index in [1.165, 1.54) is 12.1 Å². The highest BCUT2D eigenvalue weighted by atomic mass is 79.9. The Kier molecular flexibility index (Phi) is 3.00. The summed E-state index contributed by atoms with van der Waals surface area (Å²) >= 11 is 3.25. The number of benzene rings is 1. The van der Waals surface area contributed by atoms with Crippen LogP contribution in [0.25, 0.3) is 11.5 Å². The largest absolute Gasteiger partial charge is 0.440 e. The molecule has 0 fully saturated rings. The number of non-ortho nitro benzene ring substituents is 1. The van der Waals surface area contributed by atoms with Gasteiger partial charge in [0.2, 0.25) is 5.89 Å². The number of aromatic nitrogens is 1. The molecule has 0 bridgehead atoms. The van der Waals surface area contributed by atoms with E-state index in [4.69, 9.17) is 4.42 Å². The van der Waals surface area contributed by atoms with Gasteiger partial charge in [-0.15, -0.1) is 0 Å². The number of nitrogens with zero attached hydrogens (tertiary/aromatic N) is 2. The topological polar surface area (TPSA) is 69.2 Å². The lowest BCUT2D eigenvalue weighted by atomic mass is 10.2. The van der Waals surface area contributed by atoms with Crippen LogP contribution in [-0.4, -0.2) is 9.91 Å². The van der Waals surface area contributed by atoms with E-state index in [-0.39, 0.29) is 5.69 Å². The first-order valence-corrected chi connectivity index (χ1v) is 5.58. The van der Waals surface area contributed by atoms with Crippen LogP contribution in [0.2, 0.25) is 0 Å². The number of hydrogen-bond acceptors (Lipinski definition) is 4. The Labute approximate surface area is 99.4 Å². The van der Waals surface area contributed by atoms with Crippen molar-refractivity contribution in [2.45, 2.75) is 5.33 Å². The molecule has 0 saturated heterocycles. The first-order chi connectivity index (χ1) is 7.70. The molecule has 0 N–H and O–H groups in total. The molecule has 0 aliphatic rings. The standard InChI is InChI=1S/C10H7BrN2O3/c11-5-9-6-12-10(16-9)7-1-3-8(4-2-7)13(14)15/h1-4,6H,5H2. The van der Waals surface area contributed by atoms with Gasteiger partial charge in [-0.2, -0.15) is 0 Å². The minimum atomic E-state index is -0.441. The van der Waals surface area contributed by atoms with Crippen molar-refractivity contribution < 1.29 is 9.34 Å². The summed E-state index contributed by atoms with van der Waals surface area (Å²) in [5.41, 5.74) is 0.772. The minimum Gasteiger partial charge on any atom is -0.440 e. The molecule has 0 atom stereocenters. The second-order valence-corrected chi connectivity index (χ2v) is 3.63. The molecule has 0 aliphatic heterocycles. The highest BCUT2D eigenvalue weighted by molar-refractivity contribution is 9.08. The molecule has 1 aromatic heterocycles. The predicted molar refractivity (Wildman–Crippen MR) is 61.2 cm³/mol. The van der Waals surface area contributed by atoms with E-state index in [1.807, 2.05) is 0 Å². The lowest BCUT2D eigenvalue weighted by Crippen LogP contribution is -1.87. The Balaban J connectivity index is 2.30. The Bertz CT molecular complexity index is 507. The summed E-state index contributed by atoms with van der Waals surface area (Å²) in [5.74, 6) is 1.18. The number of rotatable bonds is 3. The number of halogens is 1. The number of alkyl halides is 1. The minimum absolute atomic E-state index is 0.0519. The van der Waals surface area contributed by atoms with Crippen LogP contribution in [0.5, 0.6) is 0 Å². The Morgan fingerprint density at radius 1 is 1.38 bits per heavy atom. The molecular weight excluding hydrogens is 276 g/mol. The molecule has 2 rings (SSSR count). The summed E-state index contributed by atoms with van der Waals surface area (Å²) in [5, 5.41) is 11.0. The van der Waals surface area contributed by atoms with Crippen molar-refractivity contribution in [2.75, 3.05) is 0 Å². The zero-order valence-electron chi connectivity index (χ0n) is 8.09. The van der Waals surface area contributed by atoms with Crippen LogP contribution in [0.15, 0.2) is 34.9 Å². The maximum absolute atomic E-state index is 10.5. The summed E-state index contributed by atoms with van der Waals surface area (Å²) in [7, 11) is 0. The van der Waals surface area contributed by atoms with Gasteiger partial charge in [0.1, 0.15) is 5.76 Å². The first kappa shape index (κ1) is 10.8. The quantitative estimate of drug-likeness (QED) is 0.493. The third kappa shape index (κ3) is 2.11. The van der Waals surface area contributed by atoms with Crippen molar-refractivity contribution in [1.29, 1.82) is 0 Å². The van der Waals surface area contributed by atoms with E-state index in [1.54, 1.807) is 18.3 Å². The third-order valence-electron chi connectivity index (χ3n) is 2.01. The zero-order valence-corrected chi connectivity index (χ0v) is 9.68. The molecule has 6 heteroatoms. The summed E-state index contributed by atoms with van der Waals surface area (Å²) < 4.78 is 5.39. The monoisotopic (exact) mass is 282 g/mol. The average Bonchev–Trinajstić information content (AvgIpc) is 2.77. The van der Waals surface area contributed by atoms with E-state index in [9.17, 15) is 10.1 Å². The van der Waals surface area contributed by atoms with Gasteiger partial charge >= 0.3 is 0 Å². The smallest absolute Gasteiger partial charge is 0.269 e. The number of nitro benzene ring substituents is 1. The molecule has 1 heterocycles. The summed E-state index contributed by atoms with van der Waals surface area (Å²) in [6, 6.07) is 6.07. The van der Waals surface area contributed by atoms with Gasteiger partial charge in [0, 0.05) is 17.7 Å². The van der Waals surface area contributed by atoms with Crippen LogP contribution in [0, 0.1) is 10.1 Å². The van der Waals surface area contributed by atoms with Crippen molar-refractivity contribution in [3.05, 3.63) is 46.3 Å². The van der Waals surface area contributed by atoms with Gasteiger partial charge in [-0.25, -0.2) is 4.98 Å². The number of oxazole rings is 1. The summed E-state index contributed by atoms with van der Waals surface area (Å²) in [6.45, 7) is 0. The molecule has 16 heavy (non-hydrogen) atoms. The third-order valence-corrected chi connectivity index (χ3v) is 2.56. The normalized spacial score (nSPS) is 10.3. The fourth-order valence-electron chi connectivity index (χ4n) is 1.23. The molecule has 82 valence electrons. The first-order valence-electron chi connectivity index (χ1n) is 4.46. The maximum Gasteiger partial charge on any atom is 0.269 e. The molecule has 5 nitrogen and oxygen atoms in total. The van der Waals surface area contributed by atoms with Crippen molar-refractivity contribution in [1.82, 2.24) is 4.98 Å². The highest BCUT2D eigenvalue weighted by Crippen LogP contribution is 2.22. The molecule has 0 amide bonds. The summed E-state index contributed by atoms with van der Waals surface area (Å²) in [4.78, 5) is 14.1. The van der Waals surface area contributed by atoms with Gasteiger partial charge in [0.25, 0.3) is 5.69 Å². The van der Waals surface area contributed by atoms with E-state index in [2.05, 4.69) is 20.9 Å². The van der Waals surface area contributed by atoms with Crippen molar-refractivity contribution >= 4 is 21.6 Å². The fraction of sp³-hybridized carbons (Fsp3) is 0.100. The van der Waals surface area contributed by atoms with E-state index >= 15 is 0 Å². The van der Waals surface area contributed by atoms with E-state index in [0.29, 0.717) is 17.0 Å². The SMILES string of the molecule is O=[N+]([O-])c1ccc(-c2ncc(CBr)o2)cc1. The molecule has 0 spiro atoms.